The van der Waals surface area contributed by atoms with E-state index in [0.717, 1.165) is 37.4 Å². The van der Waals surface area contributed by atoms with Crippen LogP contribution >= 0.6 is 0 Å². The minimum absolute atomic E-state index is 0.116. The molecule has 1 amide bonds. The predicted octanol–water partition coefficient (Wildman–Crippen LogP) is 0.649. The summed E-state index contributed by atoms with van der Waals surface area (Å²) in [5, 5.41) is 6.26. The zero-order chi connectivity index (χ0) is 12.7. The van der Waals surface area contributed by atoms with Crippen LogP contribution in [0.1, 0.15) is 33.1 Å². The lowest BCUT2D eigenvalue weighted by molar-refractivity contribution is -0.121. The Hall–Kier alpha value is -0.420. The van der Waals surface area contributed by atoms with Crippen molar-refractivity contribution in [3.8, 4) is 0 Å². The summed E-state index contributed by atoms with van der Waals surface area (Å²) in [6.45, 7) is 5.64. The van der Waals surface area contributed by atoms with E-state index < -0.39 is 10.8 Å². The summed E-state index contributed by atoms with van der Waals surface area (Å²) in [6, 6.07) is 0.450. The molecular weight excluding hydrogens is 236 g/mol. The number of carbonyl (C=O) groups excluding carboxylic acids is 1. The van der Waals surface area contributed by atoms with Crippen molar-refractivity contribution >= 4 is 16.7 Å². The number of hydrogen-bond acceptors (Lipinski definition) is 3. The molecule has 0 aromatic heterocycles. The molecule has 0 bridgehead atoms. The maximum Gasteiger partial charge on any atom is 0.221 e. The van der Waals surface area contributed by atoms with E-state index in [9.17, 15) is 9.00 Å². The molecule has 0 aliphatic carbocycles. The second-order valence-corrected chi connectivity index (χ2v) is 6.72. The van der Waals surface area contributed by atoms with Gasteiger partial charge in [0.2, 0.25) is 5.91 Å². The molecule has 1 aliphatic heterocycles. The van der Waals surface area contributed by atoms with Crippen molar-refractivity contribution in [1.82, 2.24) is 10.6 Å². The zero-order valence-corrected chi connectivity index (χ0v) is 11.6. The van der Waals surface area contributed by atoms with Gasteiger partial charge in [-0.2, -0.15) is 0 Å². The number of rotatable bonds is 6. The average molecular weight is 260 g/mol. The molecule has 1 saturated heterocycles. The summed E-state index contributed by atoms with van der Waals surface area (Å²) in [7, 11) is -0.603. The molecule has 1 rings (SSSR count). The van der Waals surface area contributed by atoms with Gasteiger partial charge in [-0.05, 0) is 18.8 Å². The van der Waals surface area contributed by atoms with Crippen molar-refractivity contribution in [1.29, 1.82) is 0 Å². The van der Waals surface area contributed by atoms with E-state index in [0.29, 0.717) is 18.4 Å². The van der Waals surface area contributed by atoms with Crippen molar-refractivity contribution < 1.29 is 9.00 Å². The molecule has 2 N–H and O–H groups in total. The quantitative estimate of drug-likeness (QED) is 0.737. The molecule has 5 heteroatoms. The summed E-state index contributed by atoms with van der Waals surface area (Å²) in [5.74, 6) is 2.22. The van der Waals surface area contributed by atoms with Gasteiger partial charge in [0.15, 0.2) is 0 Å². The van der Waals surface area contributed by atoms with Crippen LogP contribution in [0.2, 0.25) is 0 Å². The minimum atomic E-state index is -0.603. The Kier molecular flexibility index (Phi) is 6.73. The number of hydrogen-bond donors (Lipinski definition) is 2. The maximum absolute atomic E-state index is 11.4. The lowest BCUT2D eigenvalue weighted by Gasteiger charge is -2.22. The van der Waals surface area contributed by atoms with E-state index in [-0.39, 0.29) is 5.91 Å². The summed E-state index contributed by atoms with van der Waals surface area (Å²) >= 11 is 0. The fraction of sp³-hybridized carbons (Fsp3) is 0.917. The number of carbonyl (C=O) groups is 1. The second-order valence-electron chi connectivity index (χ2n) is 5.02. The van der Waals surface area contributed by atoms with Gasteiger partial charge < -0.3 is 10.6 Å². The van der Waals surface area contributed by atoms with Crippen molar-refractivity contribution in [3.05, 3.63) is 0 Å². The lowest BCUT2D eigenvalue weighted by atomic mass is 10.1. The highest BCUT2D eigenvalue weighted by molar-refractivity contribution is 7.85. The van der Waals surface area contributed by atoms with Gasteiger partial charge in [0.25, 0.3) is 0 Å². The topological polar surface area (TPSA) is 58.2 Å². The van der Waals surface area contributed by atoms with Gasteiger partial charge in [-0.25, -0.2) is 0 Å². The molecule has 4 nitrogen and oxygen atoms in total. The molecule has 0 aromatic rings. The smallest absolute Gasteiger partial charge is 0.221 e. The third-order valence-corrected chi connectivity index (χ3v) is 4.26. The van der Waals surface area contributed by atoms with E-state index in [2.05, 4.69) is 24.5 Å². The highest BCUT2D eigenvalue weighted by atomic mass is 32.2. The summed E-state index contributed by atoms with van der Waals surface area (Å²) < 4.78 is 11.2. The van der Waals surface area contributed by atoms with E-state index in [1.54, 1.807) is 0 Å². The van der Waals surface area contributed by atoms with Crippen molar-refractivity contribution in [2.75, 3.05) is 24.6 Å². The van der Waals surface area contributed by atoms with Gasteiger partial charge in [-0.15, -0.1) is 0 Å². The van der Waals surface area contributed by atoms with Gasteiger partial charge in [0, 0.05) is 47.9 Å². The molecule has 0 unspecified atom stereocenters. The van der Waals surface area contributed by atoms with E-state index in [1.807, 2.05) is 0 Å². The first-order valence-corrected chi connectivity index (χ1v) is 7.91. The number of nitrogens with one attached hydrogen (secondary N) is 2. The molecule has 0 radical (unpaired) electrons. The van der Waals surface area contributed by atoms with Crippen LogP contribution in [0.25, 0.3) is 0 Å². The Balaban J connectivity index is 2.03. The first kappa shape index (κ1) is 14.6. The largest absolute Gasteiger partial charge is 0.356 e. The Labute approximate surface area is 106 Å². The van der Waals surface area contributed by atoms with Gasteiger partial charge in [0.1, 0.15) is 0 Å². The summed E-state index contributed by atoms with van der Waals surface area (Å²) in [5.41, 5.74) is 0. The van der Waals surface area contributed by atoms with Crippen LogP contribution < -0.4 is 10.6 Å². The Morgan fingerprint density at radius 3 is 2.59 bits per heavy atom. The van der Waals surface area contributed by atoms with Crippen molar-refractivity contribution in [2.45, 2.75) is 39.2 Å². The van der Waals surface area contributed by atoms with Crippen LogP contribution in [0, 0.1) is 5.92 Å². The van der Waals surface area contributed by atoms with E-state index in [1.165, 1.54) is 0 Å². The molecule has 0 spiro atoms. The van der Waals surface area contributed by atoms with Crippen LogP contribution in [0.5, 0.6) is 0 Å². The third kappa shape index (κ3) is 6.78. The van der Waals surface area contributed by atoms with Crippen LogP contribution in [-0.2, 0) is 15.6 Å². The molecule has 1 aliphatic rings. The van der Waals surface area contributed by atoms with Crippen LogP contribution in [0.15, 0.2) is 0 Å². The van der Waals surface area contributed by atoms with Gasteiger partial charge in [-0.1, -0.05) is 13.8 Å². The average Bonchev–Trinajstić information content (AvgIpc) is 2.29. The van der Waals surface area contributed by atoms with Crippen LogP contribution in [0.4, 0.5) is 0 Å². The predicted molar refractivity (Wildman–Crippen MR) is 71.4 cm³/mol. The Bertz CT molecular complexity index is 259. The van der Waals surface area contributed by atoms with Crippen molar-refractivity contribution in [2.24, 2.45) is 5.92 Å². The first-order chi connectivity index (χ1) is 8.08. The highest BCUT2D eigenvalue weighted by Gasteiger charge is 2.17. The molecule has 17 heavy (non-hydrogen) atoms. The highest BCUT2D eigenvalue weighted by Crippen LogP contribution is 2.08. The summed E-state index contributed by atoms with van der Waals surface area (Å²) in [4.78, 5) is 11.4. The summed E-state index contributed by atoms with van der Waals surface area (Å²) in [6.07, 6.45) is 2.48. The molecule has 100 valence electrons. The fourth-order valence-electron chi connectivity index (χ4n) is 1.79. The SMILES string of the molecule is CC(C)CNC(=O)CCNC1CCS(=O)CC1. The van der Waals surface area contributed by atoms with E-state index >= 15 is 0 Å². The Morgan fingerprint density at radius 1 is 1.35 bits per heavy atom. The fourth-order valence-corrected chi connectivity index (χ4v) is 3.09. The second kappa shape index (κ2) is 7.82. The van der Waals surface area contributed by atoms with Gasteiger partial charge in [0.05, 0.1) is 0 Å². The van der Waals surface area contributed by atoms with Crippen LogP contribution in [0.3, 0.4) is 0 Å². The minimum Gasteiger partial charge on any atom is -0.356 e. The molecule has 0 saturated carbocycles. The number of amides is 1. The van der Waals surface area contributed by atoms with Crippen LogP contribution in [-0.4, -0.2) is 40.8 Å². The zero-order valence-electron chi connectivity index (χ0n) is 10.8. The van der Waals surface area contributed by atoms with Gasteiger partial charge >= 0.3 is 0 Å². The maximum atomic E-state index is 11.4. The van der Waals surface area contributed by atoms with Gasteiger partial charge in [-0.3, -0.25) is 9.00 Å². The first-order valence-electron chi connectivity index (χ1n) is 6.43. The normalized spacial score (nSPS) is 24.9. The molecule has 0 aromatic carbocycles. The standard InChI is InChI=1S/C12H24N2O2S/c1-10(2)9-14-12(15)3-6-13-11-4-7-17(16)8-5-11/h10-11,13H,3-9H2,1-2H3,(H,14,15). The molecule has 1 heterocycles. The molecular formula is C12H24N2O2S. The van der Waals surface area contributed by atoms with E-state index in [4.69, 9.17) is 0 Å². The molecule has 0 atom stereocenters. The monoisotopic (exact) mass is 260 g/mol. The lowest BCUT2D eigenvalue weighted by Crippen LogP contribution is -2.38. The third-order valence-electron chi connectivity index (χ3n) is 2.88. The van der Waals surface area contributed by atoms with Crippen molar-refractivity contribution in [3.63, 3.8) is 0 Å². The molecule has 1 fully saturated rings. The Morgan fingerprint density at radius 2 is 2.00 bits per heavy atom.